The number of aryl methyl sites for hydroxylation is 2. The third-order valence-corrected chi connectivity index (χ3v) is 14.5. The summed E-state index contributed by atoms with van der Waals surface area (Å²) in [5.74, 6) is 0. The molecule has 10 aromatic rings. The van der Waals surface area contributed by atoms with Crippen LogP contribution in [0.15, 0.2) is 170 Å². The minimum atomic E-state index is 0.00675. The number of fused-ring (bicyclic) bond motifs is 8. The van der Waals surface area contributed by atoms with E-state index in [2.05, 4.69) is 225 Å². The van der Waals surface area contributed by atoms with E-state index in [1.165, 1.54) is 144 Å². The van der Waals surface area contributed by atoms with Gasteiger partial charge in [0, 0.05) is 0 Å². The van der Waals surface area contributed by atoms with Crippen molar-refractivity contribution in [1.82, 2.24) is 0 Å². The van der Waals surface area contributed by atoms with Crippen molar-refractivity contribution < 1.29 is 0 Å². The van der Waals surface area contributed by atoms with E-state index in [9.17, 15) is 0 Å². The van der Waals surface area contributed by atoms with Crippen LogP contribution < -0.4 is 0 Å². The van der Waals surface area contributed by atoms with Crippen LogP contribution in [0.5, 0.6) is 0 Å². The lowest BCUT2D eigenvalue weighted by atomic mass is 9.79. The third-order valence-electron chi connectivity index (χ3n) is 14.5. The quantitative estimate of drug-likeness (QED) is 0.166. The van der Waals surface area contributed by atoms with Crippen molar-refractivity contribution in [2.75, 3.05) is 0 Å². The fraction of sp³-hybridized carbons (Fsp3) is 0.156. The number of rotatable bonds is 4. The van der Waals surface area contributed by atoms with Gasteiger partial charge in [-0.2, -0.15) is 0 Å². The first-order chi connectivity index (χ1) is 30.9. The molecule has 0 radical (unpaired) electrons. The van der Waals surface area contributed by atoms with Crippen LogP contribution in [0.3, 0.4) is 0 Å². The Kier molecular flexibility index (Phi) is 8.29. The van der Waals surface area contributed by atoms with Gasteiger partial charge in [0.25, 0.3) is 0 Å². The summed E-state index contributed by atoms with van der Waals surface area (Å²) in [4.78, 5) is 0. The molecule has 0 atom stereocenters. The molecule has 0 amide bonds. The molecule has 64 heavy (non-hydrogen) atoms. The molecular formula is C64H52. The van der Waals surface area contributed by atoms with Crippen LogP contribution in [0.2, 0.25) is 0 Å². The van der Waals surface area contributed by atoms with Crippen LogP contribution in [0.1, 0.15) is 63.8 Å². The molecule has 0 aliphatic heterocycles. The average molecular weight is 821 g/mol. The molecular weight excluding hydrogens is 769 g/mol. The van der Waals surface area contributed by atoms with Gasteiger partial charge in [-0.3, -0.25) is 0 Å². The van der Waals surface area contributed by atoms with E-state index in [1.54, 1.807) is 0 Å². The number of benzene rings is 10. The lowest BCUT2D eigenvalue weighted by molar-refractivity contribution is 0.590. The molecule has 0 aromatic heterocycles. The van der Waals surface area contributed by atoms with E-state index in [1.807, 2.05) is 0 Å². The molecule has 0 saturated heterocycles. The predicted octanol–water partition coefficient (Wildman–Crippen LogP) is 18.3. The molecule has 12 rings (SSSR count). The lowest BCUT2D eigenvalue weighted by Crippen LogP contribution is -2.11. The van der Waals surface area contributed by atoms with Gasteiger partial charge in [-0.1, -0.05) is 211 Å². The van der Waals surface area contributed by atoms with Crippen molar-refractivity contribution in [2.24, 2.45) is 0 Å². The smallest absolute Gasteiger partial charge is 0.000730 e. The van der Waals surface area contributed by atoms with E-state index < -0.39 is 0 Å². The Labute approximate surface area is 377 Å². The van der Waals surface area contributed by atoms with Gasteiger partial charge in [-0.05, 0) is 168 Å². The van der Waals surface area contributed by atoms with E-state index in [0.29, 0.717) is 0 Å². The summed E-state index contributed by atoms with van der Waals surface area (Å²) in [6, 6.07) is 65.0. The van der Waals surface area contributed by atoms with Crippen LogP contribution in [-0.2, 0) is 10.8 Å². The average Bonchev–Trinajstić information content (AvgIpc) is 3.80. The Morgan fingerprint density at radius 1 is 0.266 bits per heavy atom. The Bertz CT molecular complexity index is 3400. The summed E-state index contributed by atoms with van der Waals surface area (Å²) in [7, 11) is 0. The highest BCUT2D eigenvalue weighted by Crippen LogP contribution is 2.64. The first-order valence-electron chi connectivity index (χ1n) is 23.0. The second-order valence-electron chi connectivity index (χ2n) is 20.5. The summed E-state index contributed by atoms with van der Waals surface area (Å²) in [6.07, 6.45) is 0. The monoisotopic (exact) mass is 820 g/mol. The molecule has 2 aliphatic carbocycles. The van der Waals surface area contributed by atoms with Crippen molar-refractivity contribution in [1.29, 1.82) is 0 Å². The molecule has 2 aliphatic rings. The molecule has 0 spiro atoms. The van der Waals surface area contributed by atoms with Crippen LogP contribution in [0.25, 0.3) is 121 Å². The lowest BCUT2D eigenvalue weighted by Gasteiger charge is -2.24. The fourth-order valence-corrected chi connectivity index (χ4v) is 11.4. The maximum atomic E-state index is 2.48. The maximum Gasteiger partial charge on any atom is -0.000730 e. The second kappa shape index (κ2) is 13.7. The first kappa shape index (κ1) is 38.6. The zero-order valence-corrected chi connectivity index (χ0v) is 38.2. The molecule has 0 nitrogen and oxygen atoms in total. The molecule has 0 saturated carbocycles. The van der Waals surface area contributed by atoms with E-state index in [-0.39, 0.29) is 10.8 Å². The minimum absolute atomic E-state index is 0.00675. The summed E-state index contributed by atoms with van der Waals surface area (Å²) in [5.41, 5.74) is 26.4. The first-order valence-corrected chi connectivity index (χ1v) is 23.0. The topological polar surface area (TPSA) is 0 Å². The zero-order chi connectivity index (χ0) is 43.8. The summed E-state index contributed by atoms with van der Waals surface area (Å²) < 4.78 is 0. The Hall–Kier alpha value is -7.02. The van der Waals surface area contributed by atoms with E-state index in [0.717, 1.165) is 0 Å². The summed E-state index contributed by atoms with van der Waals surface area (Å²) >= 11 is 0. The highest BCUT2D eigenvalue weighted by Gasteiger charge is 2.37. The van der Waals surface area contributed by atoms with E-state index in [4.69, 9.17) is 0 Å². The number of hydrogen-bond donors (Lipinski definition) is 0. The molecule has 0 unspecified atom stereocenters. The van der Waals surface area contributed by atoms with Crippen LogP contribution >= 0.6 is 0 Å². The minimum Gasteiger partial charge on any atom is -0.0620 e. The van der Waals surface area contributed by atoms with Crippen molar-refractivity contribution in [2.45, 2.75) is 66.2 Å². The highest BCUT2D eigenvalue weighted by atomic mass is 14.4. The Morgan fingerprint density at radius 3 is 0.922 bits per heavy atom. The molecule has 0 bridgehead atoms. The molecule has 0 N–H and O–H groups in total. The second-order valence-corrected chi connectivity index (χ2v) is 20.5. The highest BCUT2D eigenvalue weighted by molar-refractivity contribution is 6.35. The van der Waals surface area contributed by atoms with Crippen molar-refractivity contribution in [3.05, 3.63) is 192 Å². The fourth-order valence-electron chi connectivity index (χ4n) is 11.4. The van der Waals surface area contributed by atoms with Crippen LogP contribution in [-0.4, -0.2) is 0 Å². The summed E-state index contributed by atoms with van der Waals surface area (Å²) in [6.45, 7) is 18.5. The molecule has 0 heterocycles. The predicted molar refractivity (Wildman–Crippen MR) is 276 cm³/mol. The Morgan fingerprint density at radius 2 is 0.578 bits per heavy atom. The molecule has 0 heteroatoms. The van der Waals surface area contributed by atoms with Crippen molar-refractivity contribution >= 4 is 32.3 Å². The summed E-state index contributed by atoms with van der Waals surface area (Å²) in [5, 5.41) is 7.92. The molecule has 0 fully saturated rings. The van der Waals surface area contributed by atoms with Gasteiger partial charge >= 0.3 is 0 Å². The molecule has 308 valence electrons. The normalized spacial score (nSPS) is 12.7. The maximum absolute atomic E-state index is 2.48. The number of hydrogen-bond acceptors (Lipinski definition) is 0. The largest absolute Gasteiger partial charge is 0.0620 e. The van der Waals surface area contributed by atoms with Gasteiger partial charge < -0.3 is 0 Å². The van der Waals surface area contributed by atoms with Crippen LogP contribution in [0.4, 0.5) is 0 Å². The SMILES string of the molecule is Cc1ccccc1-c1c2c(c(-c3ccccc3C)c3ccccc13)-c1ccc3c4c(ccc-2c14)-c1c-3c(-c2cccc(C(C)(C)C)c2)c2ccccc2c1-c1cccc(C(C)(C)C)c1. The van der Waals surface area contributed by atoms with Crippen molar-refractivity contribution in [3.63, 3.8) is 0 Å². The van der Waals surface area contributed by atoms with Gasteiger partial charge in [-0.25, -0.2) is 0 Å². The van der Waals surface area contributed by atoms with Crippen molar-refractivity contribution in [3.8, 4) is 89.0 Å². The van der Waals surface area contributed by atoms with Gasteiger partial charge in [0.05, 0.1) is 0 Å². The standard InChI is InChI=1S/C64H52/c1-37-19-9-11-25-43(37)55-47-29-15-16-30-48(47)56(44-26-12-10-20-38(44)2)62-52-34-32-50-57-49(31-33-51(58(52)57)61(55)62)59-53(39-21-17-23-41(35-39)63(3,4)5)45-27-13-14-28-46(45)54(60(50)59)40-22-18-24-42(36-40)64(6,7)8/h9-36H,1-8H3. The zero-order valence-electron chi connectivity index (χ0n) is 38.2. The van der Waals surface area contributed by atoms with Gasteiger partial charge in [0.15, 0.2) is 0 Å². The van der Waals surface area contributed by atoms with Gasteiger partial charge in [0.2, 0.25) is 0 Å². The van der Waals surface area contributed by atoms with E-state index >= 15 is 0 Å². The van der Waals surface area contributed by atoms with Gasteiger partial charge in [0.1, 0.15) is 0 Å². The third kappa shape index (κ3) is 5.48. The van der Waals surface area contributed by atoms with Gasteiger partial charge in [-0.15, -0.1) is 0 Å². The molecule has 10 aromatic carbocycles. The Balaban J connectivity index is 1.27. The van der Waals surface area contributed by atoms with Crippen LogP contribution in [0, 0.1) is 13.8 Å².